The number of benzene rings is 2. The molecule has 0 aliphatic heterocycles. The van der Waals surface area contributed by atoms with Crippen molar-refractivity contribution in [1.82, 2.24) is 0 Å². The summed E-state index contributed by atoms with van der Waals surface area (Å²) in [6.45, 7) is 0.448. The van der Waals surface area contributed by atoms with Crippen LogP contribution in [0.15, 0.2) is 36.4 Å². The molecule has 2 aromatic rings. The molecule has 0 heterocycles. The first-order valence-electron chi connectivity index (χ1n) is 5.00. The van der Waals surface area contributed by atoms with Crippen molar-refractivity contribution in [3.8, 4) is 5.75 Å². The predicted octanol–water partition coefficient (Wildman–Crippen LogP) is 3.17. The van der Waals surface area contributed by atoms with Crippen LogP contribution in [0.25, 0.3) is 16.8 Å². The maximum absolute atomic E-state index is 9.78. The van der Waals surface area contributed by atoms with Crippen LogP contribution in [-0.4, -0.2) is 11.7 Å². The van der Waals surface area contributed by atoms with Gasteiger partial charge in [0.05, 0.1) is 0 Å². The van der Waals surface area contributed by atoms with E-state index in [-0.39, 0.29) is 5.75 Å². The molecule has 0 bridgehead atoms. The number of phenols is 1. The van der Waals surface area contributed by atoms with Crippen LogP contribution < -0.4 is 5.73 Å². The molecule has 0 amide bonds. The van der Waals surface area contributed by atoms with Crippen LogP contribution in [0, 0.1) is 0 Å². The molecule has 2 nitrogen and oxygen atoms in total. The maximum Gasteiger partial charge on any atom is 0.123 e. The summed E-state index contributed by atoms with van der Waals surface area (Å²) >= 11 is 5.91. The van der Waals surface area contributed by atoms with E-state index < -0.39 is 0 Å². The molecular weight excluding hydrogens is 222 g/mol. The van der Waals surface area contributed by atoms with Gasteiger partial charge in [-0.2, -0.15) is 0 Å². The van der Waals surface area contributed by atoms with E-state index in [1.54, 1.807) is 6.07 Å². The Morgan fingerprint density at radius 1 is 1.25 bits per heavy atom. The van der Waals surface area contributed by atoms with Crippen molar-refractivity contribution in [1.29, 1.82) is 0 Å². The Hall–Kier alpha value is -1.51. The second kappa shape index (κ2) is 4.56. The van der Waals surface area contributed by atoms with Gasteiger partial charge in [-0.05, 0) is 29.0 Å². The summed E-state index contributed by atoms with van der Waals surface area (Å²) in [6, 6.07) is 9.08. The Morgan fingerprint density at radius 2 is 2.06 bits per heavy atom. The number of aromatic hydroxyl groups is 1. The van der Waals surface area contributed by atoms with E-state index in [0.717, 1.165) is 16.3 Å². The van der Waals surface area contributed by atoms with Crippen molar-refractivity contribution in [3.63, 3.8) is 0 Å². The molecule has 0 spiro atoms. The molecule has 0 unspecified atom stereocenters. The predicted molar refractivity (Wildman–Crippen MR) is 68.7 cm³/mol. The molecule has 16 heavy (non-hydrogen) atoms. The molecule has 2 aromatic carbocycles. The smallest absolute Gasteiger partial charge is 0.123 e. The van der Waals surface area contributed by atoms with E-state index in [1.807, 2.05) is 36.4 Å². The quantitative estimate of drug-likeness (QED) is 0.837. The average molecular weight is 234 g/mol. The monoisotopic (exact) mass is 233 g/mol. The number of halogens is 1. The molecule has 3 heteroatoms. The van der Waals surface area contributed by atoms with E-state index in [2.05, 4.69) is 0 Å². The zero-order valence-corrected chi connectivity index (χ0v) is 9.41. The SMILES string of the molecule is NC/C=C/c1c(O)ccc2cc(Cl)ccc12. The van der Waals surface area contributed by atoms with Crippen LogP contribution in [0.2, 0.25) is 5.02 Å². The van der Waals surface area contributed by atoms with E-state index in [1.165, 1.54) is 0 Å². The summed E-state index contributed by atoms with van der Waals surface area (Å²) in [5.74, 6) is 0.250. The molecule has 2 rings (SSSR count). The Bertz CT molecular complexity index is 549. The zero-order chi connectivity index (χ0) is 11.5. The lowest BCUT2D eigenvalue weighted by Gasteiger charge is -2.05. The van der Waals surface area contributed by atoms with Gasteiger partial charge < -0.3 is 10.8 Å². The van der Waals surface area contributed by atoms with E-state index >= 15 is 0 Å². The highest BCUT2D eigenvalue weighted by molar-refractivity contribution is 6.31. The molecular formula is C13H12ClNO. The molecule has 0 saturated carbocycles. The van der Waals surface area contributed by atoms with Crippen molar-refractivity contribution in [2.75, 3.05) is 6.54 Å². The maximum atomic E-state index is 9.78. The topological polar surface area (TPSA) is 46.2 Å². The summed E-state index contributed by atoms with van der Waals surface area (Å²) in [4.78, 5) is 0. The van der Waals surface area contributed by atoms with Gasteiger partial charge in [-0.3, -0.25) is 0 Å². The highest BCUT2D eigenvalue weighted by atomic mass is 35.5. The molecule has 0 radical (unpaired) electrons. The molecule has 0 aliphatic rings. The molecule has 0 aliphatic carbocycles. The van der Waals surface area contributed by atoms with Gasteiger partial charge >= 0.3 is 0 Å². The van der Waals surface area contributed by atoms with Crippen molar-refractivity contribution < 1.29 is 5.11 Å². The third kappa shape index (κ3) is 2.03. The summed E-state index contributed by atoms with van der Waals surface area (Å²) in [7, 11) is 0. The fourth-order valence-electron chi connectivity index (χ4n) is 1.67. The number of hydrogen-bond acceptors (Lipinski definition) is 2. The van der Waals surface area contributed by atoms with E-state index in [0.29, 0.717) is 11.6 Å². The first-order chi connectivity index (χ1) is 7.72. The number of nitrogens with two attached hydrogens (primary N) is 1. The second-order valence-corrected chi connectivity index (χ2v) is 3.94. The van der Waals surface area contributed by atoms with Gasteiger partial charge in [0.2, 0.25) is 0 Å². The minimum Gasteiger partial charge on any atom is -0.507 e. The lowest BCUT2D eigenvalue weighted by atomic mass is 10.0. The van der Waals surface area contributed by atoms with Crippen LogP contribution in [0.5, 0.6) is 5.75 Å². The van der Waals surface area contributed by atoms with Gasteiger partial charge in [0.25, 0.3) is 0 Å². The number of rotatable bonds is 2. The number of hydrogen-bond donors (Lipinski definition) is 2. The molecule has 0 saturated heterocycles. The van der Waals surface area contributed by atoms with Crippen LogP contribution >= 0.6 is 11.6 Å². The Balaban J connectivity index is 2.69. The minimum absolute atomic E-state index is 0.250. The second-order valence-electron chi connectivity index (χ2n) is 3.50. The third-order valence-electron chi connectivity index (χ3n) is 2.42. The molecule has 3 N–H and O–H groups in total. The van der Waals surface area contributed by atoms with Crippen molar-refractivity contribution in [3.05, 3.63) is 47.0 Å². The fraction of sp³-hybridized carbons (Fsp3) is 0.0769. The fourth-order valence-corrected chi connectivity index (χ4v) is 1.85. The normalized spacial score (nSPS) is 11.4. The zero-order valence-electron chi connectivity index (χ0n) is 8.65. The molecule has 0 atom stereocenters. The summed E-state index contributed by atoms with van der Waals surface area (Å²) in [5, 5.41) is 12.4. The van der Waals surface area contributed by atoms with Crippen LogP contribution in [0.4, 0.5) is 0 Å². The third-order valence-corrected chi connectivity index (χ3v) is 2.66. The molecule has 0 aromatic heterocycles. The largest absolute Gasteiger partial charge is 0.507 e. The lowest BCUT2D eigenvalue weighted by Crippen LogP contribution is -1.92. The average Bonchev–Trinajstić information content (AvgIpc) is 2.28. The first kappa shape index (κ1) is 11.0. The van der Waals surface area contributed by atoms with Crippen LogP contribution in [0.1, 0.15) is 5.56 Å². The van der Waals surface area contributed by atoms with Crippen molar-refractivity contribution >= 4 is 28.4 Å². The standard InChI is InChI=1S/C13H12ClNO/c14-10-4-5-11-9(8-10)3-6-13(16)12(11)2-1-7-15/h1-6,8,16H,7,15H2/b2-1+. The van der Waals surface area contributed by atoms with Crippen molar-refractivity contribution in [2.24, 2.45) is 5.73 Å². The lowest BCUT2D eigenvalue weighted by molar-refractivity contribution is 0.475. The van der Waals surface area contributed by atoms with Gasteiger partial charge in [-0.15, -0.1) is 0 Å². The van der Waals surface area contributed by atoms with Gasteiger partial charge in [-0.25, -0.2) is 0 Å². The van der Waals surface area contributed by atoms with Gasteiger partial charge in [0.1, 0.15) is 5.75 Å². The van der Waals surface area contributed by atoms with E-state index in [4.69, 9.17) is 17.3 Å². The van der Waals surface area contributed by atoms with Crippen molar-refractivity contribution in [2.45, 2.75) is 0 Å². The van der Waals surface area contributed by atoms with Crippen LogP contribution in [-0.2, 0) is 0 Å². The Labute approximate surface area is 99.0 Å². The summed E-state index contributed by atoms with van der Waals surface area (Å²) in [6.07, 6.45) is 3.63. The summed E-state index contributed by atoms with van der Waals surface area (Å²) in [5.41, 5.74) is 6.18. The molecule has 82 valence electrons. The van der Waals surface area contributed by atoms with Gasteiger partial charge in [0.15, 0.2) is 0 Å². The highest BCUT2D eigenvalue weighted by Crippen LogP contribution is 2.29. The van der Waals surface area contributed by atoms with E-state index in [9.17, 15) is 5.11 Å². The highest BCUT2D eigenvalue weighted by Gasteiger charge is 2.04. The summed E-state index contributed by atoms with van der Waals surface area (Å²) < 4.78 is 0. The van der Waals surface area contributed by atoms with Gasteiger partial charge in [0, 0.05) is 17.1 Å². The Morgan fingerprint density at radius 3 is 2.81 bits per heavy atom. The molecule has 0 fully saturated rings. The van der Waals surface area contributed by atoms with Gasteiger partial charge in [-0.1, -0.05) is 35.9 Å². The first-order valence-corrected chi connectivity index (χ1v) is 5.38. The number of phenolic OH excluding ortho intramolecular Hbond substituents is 1. The minimum atomic E-state index is 0.250. The number of fused-ring (bicyclic) bond motifs is 1. The van der Waals surface area contributed by atoms with Crippen LogP contribution in [0.3, 0.4) is 0 Å². The Kier molecular flexibility index (Phi) is 3.13.